The second-order valence-corrected chi connectivity index (χ2v) is 12.7. The topological polar surface area (TPSA) is 40.5 Å². The molecule has 2 aliphatic rings. The van der Waals surface area contributed by atoms with E-state index in [1.165, 1.54) is 5.56 Å². The minimum atomic E-state index is -0.825. The zero-order valence-corrected chi connectivity index (χ0v) is 20.1. The van der Waals surface area contributed by atoms with Gasteiger partial charge in [-0.2, -0.15) is 0 Å². The SMILES string of the molecule is CSSC(CS(C)=O)c1ccc(C2(O)CCN(CC3(C)C=CC=CC3)CC2)cc1. The molecule has 3 nitrogen and oxygen atoms in total. The average Bonchev–Trinajstić information content (AvgIpc) is 2.70. The number of likely N-dealkylation sites (tertiary alicyclic amines) is 1. The van der Waals surface area contributed by atoms with Crippen molar-refractivity contribution in [1.82, 2.24) is 4.90 Å². The smallest absolute Gasteiger partial charge is 0.0920 e. The molecule has 0 bridgehead atoms. The van der Waals surface area contributed by atoms with Crippen LogP contribution in [0.15, 0.2) is 48.6 Å². The fourth-order valence-corrected chi connectivity index (χ4v) is 7.73. The van der Waals surface area contributed by atoms with Gasteiger partial charge in [0.1, 0.15) is 0 Å². The largest absolute Gasteiger partial charge is 0.385 e. The Morgan fingerprint density at radius 3 is 2.45 bits per heavy atom. The molecular weight excluding hydrogens is 418 g/mol. The Kier molecular flexibility index (Phi) is 8.13. The van der Waals surface area contributed by atoms with E-state index in [1.54, 1.807) is 27.8 Å². The van der Waals surface area contributed by atoms with Crippen LogP contribution in [0, 0.1) is 5.41 Å². The van der Waals surface area contributed by atoms with Crippen LogP contribution >= 0.6 is 21.6 Å². The first-order chi connectivity index (χ1) is 13.8. The maximum atomic E-state index is 11.7. The Balaban J connectivity index is 1.61. The highest BCUT2D eigenvalue weighted by Gasteiger charge is 2.36. The van der Waals surface area contributed by atoms with E-state index in [9.17, 15) is 9.32 Å². The minimum absolute atomic E-state index is 0.204. The van der Waals surface area contributed by atoms with E-state index in [1.807, 2.05) is 0 Å². The molecule has 1 aliphatic carbocycles. The number of nitrogens with zero attached hydrogens (tertiary/aromatic N) is 1. The lowest BCUT2D eigenvalue weighted by atomic mass is 9.80. The van der Waals surface area contributed by atoms with Gasteiger partial charge in [-0.05, 0) is 36.6 Å². The van der Waals surface area contributed by atoms with Gasteiger partial charge in [0.05, 0.1) is 10.9 Å². The summed E-state index contributed by atoms with van der Waals surface area (Å²) in [5.74, 6) is 0.659. The van der Waals surface area contributed by atoms with Crippen molar-refractivity contribution in [2.75, 3.05) is 37.9 Å². The molecule has 0 aromatic heterocycles. The second-order valence-electron chi connectivity index (χ2n) is 8.57. The van der Waals surface area contributed by atoms with Crippen molar-refractivity contribution in [3.8, 4) is 0 Å². The molecule has 1 aromatic rings. The molecule has 3 rings (SSSR count). The fraction of sp³-hybridized carbons (Fsp3) is 0.565. The maximum Gasteiger partial charge on any atom is 0.0920 e. The van der Waals surface area contributed by atoms with Crippen LogP contribution in [0.2, 0.25) is 0 Å². The van der Waals surface area contributed by atoms with Crippen molar-refractivity contribution in [3.05, 3.63) is 59.7 Å². The van der Waals surface area contributed by atoms with Gasteiger partial charge in [-0.1, -0.05) is 77.1 Å². The van der Waals surface area contributed by atoms with Crippen LogP contribution in [-0.4, -0.2) is 52.1 Å². The summed E-state index contributed by atoms with van der Waals surface area (Å²) >= 11 is 0. The highest BCUT2D eigenvalue weighted by atomic mass is 33.1. The summed E-state index contributed by atoms with van der Waals surface area (Å²) < 4.78 is 11.7. The number of hydrogen-bond donors (Lipinski definition) is 1. The molecule has 0 radical (unpaired) electrons. The van der Waals surface area contributed by atoms with E-state index in [-0.39, 0.29) is 10.7 Å². The summed E-state index contributed by atoms with van der Waals surface area (Å²) in [4.78, 5) is 2.49. The van der Waals surface area contributed by atoms with E-state index in [2.05, 4.69) is 66.6 Å². The number of benzene rings is 1. The van der Waals surface area contributed by atoms with E-state index >= 15 is 0 Å². The first kappa shape index (κ1) is 23.1. The van der Waals surface area contributed by atoms with Gasteiger partial charge in [-0.15, -0.1) is 0 Å². The number of piperidine rings is 1. The Morgan fingerprint density at radius 1 is 1.21 bits per heavy atom. The Hall–Kier alpha value is -0.530. The fourth-order valence-electron chi connectivity index (χ4n) is 4.29. The number of hydrogen-bond acceptors (Lipinski definition) is 5. The van der Waals surface area contributed by atoms with Gasteiger partial charge < -0.3 is 10.0 Å². The van der Waals surface area contributed by atoms with Crippen molar-refractivity contribution in [2.24, 2.45) is 5.41 Å². The molecule has 1 aromatic carbocycles. The van der Waals surface area contributed by atoms with Gasteiger partial charge in [0.15, 0.2) is 0 Å². The molecule has 1 saturated heterocycles. The van der Waals surface area contributed by atoms with E-state index in [0.29, 0.717) is 5.75 Å². The standard InChI is InChI=1S/C23H33NO2S3/c1-22(11-5-4-6-12-22)18-24-15-13-23(25,14-16-24)20-9-7-19(8-10-20)21(28-27-2)17-29(3)26/h4-11,21,25H,12-18H2,1-3H3. The van der Waals surface area contributed by atoms with Crippen molar-refractivity contribution in [3.63, 3.8) is 0 Å². The van der Waals surface area contributed by atoms with Gasteiger partial charge >= 0.3 is 0 Å². The second kappa shape index (κ2) is 10.2. The number of allylic oxidation sites excluding steroid dienone is 3. The third-order valence-corrected chi connectivity index (χ3v) is 9.17. The van der Waals surface area contributed by atoms with E-state index in [4.69, 9.17) is 0 Å². The van der Waals surface area contributed by atoms with E-state index in [0.717, 1.165) is 44.5 Å². The number of rotatable bonds is 8. The third-order valence-electron chi connectivity index (χ3n) is 6.02. The molecule has 160 valence electrons. The maximum absolute atomic E-state index is 11.7. The molecule has 1 heterocycles. The lowest BCUT2D eigenvalue weighted by Crippen LogP contribution is -2.46. The quantitative estimate of drug-likeness (QED) is 0.568. The monoisotopic (exact) mass is 451 g/mol. The Bertz CT molecular complexity index is 754. The highest BCUT2D eigenvalue weighted by molar-refractivity contribution is 8.76. The van der Waals surface area contributed by atoms with Crippen molar-refractivity contribution < 1.29 is 9.32 Å². The van der Waals surface area contributed by atoms with Crippen LogP contribution in [-0.2, 0) is 16.4 Å². The zero-order chi connectivity index (χ0) is 20.9. The van der Waals surface area contributed by atoms with Crippen molar-refractivity contribution >= 4 is 32.4 Å². The van der Waals surface area contributed by atoms with Crippen LogP contribution in [0.5, 0.6) is 0 Å². The summed E-state index contributed by atoms with van der Waals surface area (Å²) in [5, 5.41) is 11.5. The number of aliphatic hydroxyl groups is 1. The Labute approximate surface area is 186 Å². The molecular formula is C23H33NO2S3. The molecule has 0 spiro atoms. The molecule has 3 atom stereocenters. The molecule has 6 heteroatoms. The zero-order valence-electron chi connectivity index (χ0n) is 17.7. The van der Waals surface area contributed by atoms with Gasteiger partial charge in [0.25, 0.3) is 0 Å². The van der Waals surface area contributed by atoms with Crippen LogP contribution in [0.4, 0.5) is 0 Å². The molecule has 29 heavy (non-hydrogen) atoms. The third kappa shape index (κ3) is 6.23. The molecule has 0 saturated carbocycles. The predicted octanol–water partition coefficient (Wildman–Crippen LogP) is 4.92. The van der Waals surface area contributed by atoms with Crippen molar-refractivity contribution in [2.45, 2.75) is 37.0 Å². The lowest BCUT2D eigenvalue weighted by molar-refractivity contribution is -0.0311. The van der Waals surface area contributed by atoms with Crippen LogP contribution < -0.4 is 0 Å². The Morgan fingerprint density at radius 2 is 1.90 bits per heavy atom. The lowest BCUT2D eigenvalue weighted by Gasteiger charge is -2.42. The van der Waals surface area contributed by atoms with Gasteiger partial charge in [-0.3, -0.25) is 4.21 Å². The average molecular weight is 452 g/mol. The summed E-state index contributed by atoms with van der Waals surface area (Å²) in [6, 6.07) is 8.38. The van der Waals surface area contributed by atoms with E-state index < -0.39 is 16.4 Å². The summed E-state index contributed by atoms with van der Waals surface area (Å²) in [7, 11) is 2.64. The molecule has 0 amide bonds. The first-order valence-electron chi connectivity index (χ1n) is 10.2. The van der Waals surface area contributed by atoms with Crippen LogP contribution in [0.3, 0.4) is 0 Å². The molecule has 3 unspecified atom stereocenters. The summed E-state index contributed by atoms with van der Waals surface area (Å²) in [6.07, 6.45) is 15.3. The summed E-state index contributed by atoms with van der Waals surface area (Å²) in [5.41, 5.74) is 1.66. The summed E-state index contributed by atoms with van der Waals surface area (Å²) in [6.45, 7) is 5.21. The van der Waals surface area contributed by atoms with Gasteiger partial charge in [0.2, 0.25) is 0 Å². The predicted molar refractivity (Wildman–Crippen MR) is 130 cm³/mol. The molecule has 1 N–H and O–H groups in total. The molecule has 1 fully saturated rings. The highest BCUT2D eigenvalue weighted by Crippen LogP contribution is 2.39. The van der Waals surface area contributed by atoms with Gasteiger partial charge in [-0.25, -0.2) is 0 Å². The molecule has 1 aliphatic heterocycles. The van der Waals surface area contributed by atoms with Crippen molar-refractivity contribution in [1.29, 1.82) is 0 Å². The minimum Gasteiger partial charge on any atom is -0.385 e. The first-order valence-corrected chi connectivity index (χ1v) is 14.6. The van der Waals surface area contributed by atoms with Crippen LogP contribution in [0.1, 0.15) is 42.6 Å². The van der Waals surface area contributed by atoms with Crippen LogP contribution in [0.25, 0.3) is 0 Å². The van der Waals surface area contributed by atoms with Gasteiger partial charge in [0, 0.05) is 47.9 Å². The normalized spacial score (nSPS) is 26.3.